The van der Waals surface area contributed by atoms with Crippen molar-refractivity contribution < 1.29 is 4.39 Å². The van der Waals surface area contributed by atoms with Gasteiger partial charge in [-0.05, 0) is 38.1 Å². The second-order valence-electron chi connectivity index (χ2n) is 3.02. The van der Waals surface area contributed by atoms with Crippen LogP contribution in [0.2, 0.25) is 0 Å². The van der Waals surface area contributed by atoms with Gasteiger partial charge in [0.25, 0.3) is 0 Å². The Morgan fingerprint density at radius 3 is 2.83 bits per heavy atom. The molecule has 0 fully saturated rings. The fourth-order valence-corrected chi connectivity index (χ4v) is 1.12. The molecule has 0 aromatic heterocycles. The molecule has 0 spiro atoms. The summed E-state index contributed by atoms with van der Waals surface area (Å²) in [6, 6.07) is 7.12. The topological polar surface area (TPSA) is 12.0 Å². The largest absolute Gasteiger partial charge is 0.317 e. The molecule has 0 amide bonds. The number of hydrogen-bond acceptors (Lipinski definition) is 1. The number of rotatable bonds is 3. The van der Waals surface area contributed by atoms with E-state index in [-0.39, 0.29) is 5.82 Å². The molecule has 1 aromatic carbocycles. The lowest BCUT2D eigenvalue weighted by Crippen LogP contribution is -2.23. The molecule has 1 rings (SSSR count). The maximum Gasteiger partial charge on any atom is 0.123 e. The van der Waals surface area contributed by atoms with E-state index < -0.39 is 0 Å². The van der Waals surface area contributed by atoms with Crippen LogP contribution in [0.4, 0.5) is 4.39 Å². The highest BCUT2D eigenvalue weighted by Gasteiger charge is 2.00. The van der Waals surface area contributed by atoms with Crippen molar-refractivity contribution in [3.05, 3.63) is 35.6 Å². The van der Waals surface area contributed by atoms with Crippen LogP contribution in [-0.4, -0.2) is 13.1 Å². The zero-order chi connectivity index (χ0) is 8.97. The Morgan fingerprint density at radius 1 is 1.50 bits per heavy atom. The summed E-state index contributed by atoms with van der Waals surface area (Å²) in [6.45, 7) is 2.07. The van der Waals surface area contributed by atoms with E-state index in [2.05, 4.69) is 12.2 Å². The minimum absolute atomic E-state index is 0.157. The first-order chi connectivity index (χ1) is 5.72. The van der Waals surface area contributed by atoms with E-state index >= 15 is 0 Å². The van der Waals surface area contributed by atoms with Crippen molar-refractivity contribution in [3.63, 3.8) is 0 Å². The summed E-state index contributed by atoms with van der Waals surface area (Å²) in [4.78, 5) is 0. The highest BCUT2D eigenvalue weighted by atomic mass is 19.1. The SMILES string of the molecule is CN[C@H](C)Cc1cccc(F)c1. The predicted molar refractivity (Wildman–Crippen MR) is 48.6 cm³/mol. The third-order valence-electron chi connectivity index (χ3n) is 1.92. The molecule has 0 aliphatic heterocycles. The van der Waals surface area contributed by atoms with Crippen molar-refractivity contribution in [1.29, 1.82) is 0 Å². The van der Waals surface area contributed by atoms with Crippen LogP contribution in [0.3, 0.4) is 0 Å². The molecule has 0 bridgehead atoms. The average molecular weight is 167 g/mol. The first-order valence-corrected chi connectivity index (χ1v) is 4.14. The summed E-state index contributed by atoms with van der Waals surface area (Å²) in [7, 11) is 1.91. The molecule has 66 valence electrons. The van der Waals surface area contributed by atoms with Crippen LogP contribution >= 0.6 is 0 Å². The van der Waals surface area contributed by atoms with Gasteiger partial charge in [-0.2, -0.15) is 0 Å². The second-order valence-corrected chi connectivity index (χ2v) is 3.02. The Labute approximate surface area is 72.6 Å². The van der Waals surface area contributed by atoms with Gasteiger partial charge in [0, 0.05) is 6.04 Å². The zero-order valence-electron chi connectivity index (χ0n) is 7.47. The van der Waals surface area contributed by atoms with Crippen molar-refractivity contribution in [3.8, 4) is 0 Å². The molecular weight excluding hydrogens is 153 g/mol. The maximum atomic E-state index is 12.7. The van der Waals surface area contributed by atoms with Crippen LogP contribution in [0, 0.1) is 5.82 Å². The summed E-state index contributed by atoms with van der Waals surface area (Å²) in [5.74, 6) is -0.157. The lowest BCUT2D eigenvalue weighted by molar-refractivity contribution is 0.597. The fourth-order valence-electron chi connectivity index (χ4n) is 1.12. The predicted octanol–water partition coefficient (Wildman–Crippen LogP) is 1.98. The molecule has 1 N–H and O–H groups in total. The van der Waals surface area contributed by atoms with Gasteiger partial charge in [0.1, 0.15) is 5.82 Å². The molecule has 0 radical (unpaired) electrons. The van der Waals surface area contributed by atoms with E-state index in [0.717, 1.165) is 12.0 Å². The van der Waals surface area contributed by atoms with E-state index in [1.54, 1.807) is 12.1 Å². The minimum atomic E-state index is -0.157. The van der Waals surface area contributed by atoms with Crippen LogP contribution in [0.15, 0.2) is 24.3 Å². The smallest absolute Gasteiger partial charge is 0.123 e. The van der Waals surface area contributed by atoms with Gasteiger partial charge in [0.15, 0.2) is 0 Å². The lowest BCUT2D eigenvalue weighted by Gasteiger charge is -2.09. The molecule has 2 heteroatoms. The van der Waals surface area contributed by atoms with Gasteiger partial charge < -0.3 is 5.32 Å². The third kappa shape index (κ3) is 2.62. The fraction of sp³-hybridized carbons (Fsp3) is 0.400. The standard InChI is InChI=1S/C10H14FN/c1-8(12-2)6-9-4-3-5-10(11)7-9/h3-5,7-8,12H,6H2,1-2H3/t8-/m1/s1. The zero-order valence-corrected chi connectivity index (χ0v) is 7.47. The summed E-state index contributed by atoms with van der Waals surface area (Å²) in [5.41, 5.74) is 1.04. The minimum Gasteiger partial charge on any atom is -0.317 e. The van der Waals surface area contributed by atoms with Crippen molar-refractivity contribution in [2.24, 2.45) is 0 Å². The van der Waals surface area contributed by atoms with Gasteiger partial charge in [-0.15, -0.1) is 0 Å². The Kier molecular flexibility index (Phi) is 3.23. The molecule has 0 saturated heterocycles. The van der Waals surface area contributed by atoms with Gasteiger partial charge in [-0.25, -0.2) is 4.39 Å². The quantitative estimate of drug-likeness (QED) is 0.725. The van der Waals surface area contributed by atoms with Gasteiger partial charge >= 0.3 is 0 Å². The van der Waals surface area contributed by atoms with Gasteiger partial charge in [-0.1, -0.05) is 12.1 Å². The van der Waals surface area contributed by atoms with Crippen LogP contribution in [0.25, 0.3) is 0 Å². The van der Waals surface area contributed by atoms with Crippen LogP contribution in [0.1, 0.15) is 12.5 Å². The first kappa shape index (κ1) is 9.20. The molecule has 0 saturated carbocycles. The van der Waals surface area contributed by atoms with Crippen LogP contribution in [0.5, 0.6) is 0 Å². The lowest BCUT2D eigenvalue weighted by atomic mass is 10.1. The monoisotopic (exact) mass is 167 g/mol. The van der Waals surface area contributed by atoms with E-state index in [0.29, 0.717) is 6.04 Å². The molecule has 1 atom stereocenters. The normalized spacial score (nSPS) is 12.9. The van der Waals surface area contributed by atoms with Gasteiger partial charge in [0.2, 0.25) is 0 Å². The van der Waals surface area contributed by atoms with E-state index in [4.69, 9.17) is 0 Å². The maximum absolute atomic E-state index is 12.7. The average Bonchev–Trinajstić information content (AvgIpc) is 2.04. The first-order valence-electron chi connectivity index (χ1n) is 4.14. The number of halogens is 1. The van der Waals surface area contributed by atoms with Crippen molar-refractivity contribution in [2.45, 2.75) is 19.4 Å². The molecule has 1 nitrogen and oxygen atoms in total. The number of benzene rings is 1. The molecule has 0 aliphatic carbocycles. The molecule has 0 unspecified atom stereocenters. The molecular formula is C10H14FN. The Balaban J connectivity index is 2.63. The highest BCUT2D eigenvalue weighted by molar-refractivity contribution is 5.17. The summed E-state index contributed by atoms with van der Waals surface area (Å²) in [5, 5.41) is 3.11. The van der Waals surface area contributed by atoms with E-state index in [1.165, 1.54) is 6.07 Å². The summed E-state index contributed by atoms with van der Waals surface area (Å²) >= 11 is 0. The molecule has 12 heavy (non-hydrogen) atoms. The van der Waals surface area contributed by atoms with Crippen molar-refractivity contribution in [1.82, 2.24) is 5.32 Å². The summed E-state index contributed by atoms with van der Waals surface area (Å²) < 4.78 is 12.7. The molecule has 1 aromatic rings. The van der Waals surface area contributed by atoms with Gasteiger partial charge in [-0.3, -0.25) is 0 Å². The molecule has 0 aliphatic rings. The molecule has 0 heterocycles. The highest BCUT2D eigenvalue weighted by Crippen LogP contribution is 2.05. The number of likely N-dealkylation sites (N-methyl/N-ethyl adjacent to an activating group) is 1. The summed E-state index contributed by atoms with van der Waals surface area (Å²) in [6.07, 6.45) is 0.869. The van der Waals surface area contributed by atoms with Crippen molar-refractivity contribution in [2.75, 3.05) is 7.05 Å². The van der Waals surface area contributed by atoms with Gasteiger partial charge in [0.05, 0.1) is 0 Å². The Bertz CT molecular complexity index is 247. The van der Waals surface area contributed by atoms with E-state index in [1.807, 2.05) is 13.1 Å². The Morgan fingerprint density at radius 2 is 2.25 bits per heavy atom. The number of hydrogen-bond donors (Lipinski definition) is 1. The van der Waals surface area contributed by atoms with E-state index in [9.17, 15) is 4.39 Å². The number of nitrogens with one attached hydrogen (secondary N) is 1. The third-order valence-corrected chi connectivity index (χ3v) is 1.92. The van der Waals surface area contributed by atoms with Crippen LogP contribution in [-0.2, 0) is 6.42 Å². The van der Waals surface area contributed by atoms with Crippen LogP contribution < -0.4 is 5.32 Å². The van der Waals surface area contributed by atoms with Crippen molar-refractivity contribution >= 4 is 0 Å². The second kappa shape index (κ2) is 4.21. The Hall–Kier alpha value is -0.890.